The van der Waals surface area contributed by atoms with Gasteiger partial charge in [0, 0.05) is 25.3 Å². The molecule has 0 saturated carbocycles. The summed E-state index contributed by atoms with van der Waals surface area (Å²) >= 11 is 5.84. The maximum absolute atomic E-state index is 12.5. The predicted octanol–water partition coefficient (Wildman–Crippen LogP) is 4.25. The normalized spacial score (nSPS) is 16.3. The Hall–Kier alpha value is -2.76. The van der Waals surface area contributed by atoms with E-state index in [1.807, 2.05) is 42.5 Å². The van der Waals surface area contributed by atoms with Crippen LogP contribution in [-0.2, 0) is 19.1 Å². The molecule has 0 bridgehead atoms. The van der Waals surface area contributed by atoms with Crippen molar-refractivity contribution in [3.05, 3.63) is 47.5 Å². The second-order valence-corrected chi connectivity index (χ2v) is 8.82. The van der Waals surface area contributed by atoms with E-state index in [4.69, 9.17) is 26.2 Å². The van der Waals surface area contributed by atoms with Gasteiger partial charge in [-0.2, -0.15) is 5.26 Å². The van der Waals surface area contributed by atoms with Crippen molar-refractivity contribution in [1.29, 1.82) is 5.26 Å². The van der Waals surface area contributed by atoms with Gasteiger partial charge in [-0.3, -0.25) is 9.59 Å². The summed E-state index contributed by atoms with van der Waals surface area (Å²) in [5, 5.41) is 19.8. The van der Waals surface area contributed by atoms with Crippen molar-refractivity contribution in [3.8, 4) is 6.07 Å². The maximum Gasteiger partial charge on any atom is 0.244 e. The highest BCUT2D eigenvalue weighted by Gasteiger charge is 2.27. The number of ether oxygens (including phenoxy) is 2. The largest absolute Gasteiger partial charge is 0.394 e. The third kappa shape index (κ3) is 7.87. The number of piperidine rings is 1. The Morgan fingerprint density at radius 3 is 2.57 bits per heavy atom. The quantitative estimate of drug-likeness (QED) is 0.191. The Bertz CT molecular complexity index is 1090. The molecule has 0 radical (unpaired) electrons. The molecule has 0 amide bonds. The summed E-state index contributed by atoms with van der Waals surface area (Å²) in [5.41, 5.74) is 1.86. The Morgan fingerprint density at radius 1 is 1.09 bits per heavy atom. The monoisotopic (exact) mass is 498 g/mol. The SMILES string of the molecule is N#C/C(=C\c1ccc2cc(N3CCCCC3C(=O)Cl)ccc2c1)C(=O)CCCOCCOCCO. The highest BCUT2D eigenvalue weighted by molar-refractivity contribution is 6.65. The molecule has 1 unspecified atom stereocenters. The number of benzene rings is 2. The molecule has 2 aromatic carbocycles. The second kappa shape index (κ2) is 14.0. The highest BCUT2D eigenvalue weighted by Crippen LogP contribution is 2.29. The molecule has 8 heteroatoms. The van der Waals surface area contributed by atoms with Gasteiger partial charge in [0.15, 0.2) is 5.78 Å². The molecule has 0 aliphatic carbocycles. The number of Topliss-reactive ketones (excluding diaryl/α,β-unsaturated/α-hetero) is 1. The Balaban J connectivity index is 1.61. The first-order valence-electron chi connectivity index (χ1n) is 11.9. The van der Waals surface area contributed by atoms with Crippen molar-refractivity contribution < 1.29 is 24.2 Å². The molecule has 1 aliphatic rings. The lowest BCUT2D eigenvalue weighted by Crippen LogP contribution is -2.43. The second-order valence-electron chi connectivity index (χ2n) is 8.44. The summed E-state index contributed by atoms with van der Waals surface area (Å²) < 4.78 is 10.5. The number of nitrogens with zero attached hydrogens (tertiary/aromatic N) is 2. The van der Waals surface area contributed by atoms with Crippen molar-refractivity contribution in [1.82, 2.24) is 0 Å². The number of fused-ring (bicyclic) bond motifs is 1. The molecule has 1 saturated heterocycles. The Kier molecular flexibility index (Phi) is 10.7. The molecule has 0 aromatic heterocycles. The van der Waals surface area contributed by atoms with E-state index in [0.717, 1.165) is 47.8 Å². The van der Waals surface area contributed by atoms with Gasteiger partial charge < -0.3 is 19.5 Å². The summed E-state index contributed by atoms with van der Waals surface area (Å²) in [4.78, 5) is 26.4. The molecule has 1 N–H and O–H groups in total. The van der Waals surface area contributed by atoms with Crippen molar-refractivity contribution >= 4 is 45.2 Å². The van der Waals surface area contributed by atoms with Crippen LogP contribution in [0.25, 0.3) is 16.8 Å². The van der Waals surface area contributed by atoms with E-state index in [9.17, 15) is 14.9 Å². The predicted molar refractivity (Wildman–Crippen MR) is 136 cm³/mol. The molecule has 1 fully saturated rings. The fourth-order valence-electron chi connectivity index (χ4n) is 4.19. The number of ketones is 1. The van der Waals surface area contributed by atoms with E-state index in [1.165, 1.54) is 0 Å². The van der Waals surface area contributed by atoms with E-state index < -0.39 is 0 Å². The minimum atomic E-state index is -0.322. The van der Waals surface area contributed by atoms with Crippen LogP contribution in [0.15, 0.2) is 42.0 Å². The van der Waals surface area contributed by atoms with Gasteiger partial charge >= 0.3 is 0 Å². The van der Waals surface area contributed by atoms with Gasteiger partial charge in [0.05, 0.1) is 32.0 Å². The average Bonchev–Trinajstić information content (AvgIpc) is 2.88. The number of carbonyl (C=O) groups excluding carboxylic acids is 2. The summed E-state index contributed by atoms with van der Waals surface area (Å²) in [6.45, 7) is 2.25. The number of hydrogen-bond acceptors (Lipinski definition) is 7. The van der Waals surface area contributed by atoms with E-state index in [1.54, 1.807) is 6.08 Å². The number of rotatable bonds is 13. The molecular weight excluding hydrogens is 468 g/mol. The van der Waals surface area contributed by atoms with Crippen molar-refractivity contribution in [3.63, 3.8) is 0 Å². The number of aliphatic hydroxyl groups excluding tert-OH is 1. The summed E-state index contributed by atoms with van der Waals surface area (Å²) in [6.07, 6.45) is 5.14. The van der Waals surface area contributed by atoms with Crippen LogP contribution in [0.2, 0.25) is 0 Å². The molecule has 3 rings (SSSR count). The molecule has 1 aliphatic heterocycles. The van der Waals surface area contributed by atoms with Crippen molar-refractivity contribution in [2.75, 3.05) is 44.5 Å². The van der Waals surface area contributed by atoms with Gasteiger partial charge in [-0.15, -0.1) is 0 Å². The van der Waals surface area contributed by atoms with Crippen molar-refractivity contribution in [2.45, 2.75) is 38.1 Å². The number of anilines is 1. The number of nitriles is 1. The van der Waals surface area contributed by atoms with Crippen LogP contribution in [-0.4, -0.2) is 61.8 Å². The zero-order valence-corrected chi connectivity index (χ0v) is 20.5. The van der Waals surface area contributed by atoms with Crippen LogP contribution in [0.1, 0.15) is 37.7 Å². The summed E-state index contributed by atoms with van der Waals surface area (Å²) in [7, 11) is 0. The standard InChI is InChI=1S/C27H31ClN2O5/c28-27(33)25-4-1-2-10-30(25)24-9-8-21-16-20(6-7-22(21)18-24)17-23(19-29)26(32)5-3-12-34-14-15-35-13-11-31/h6-9,16-18,25,31H,1-5,10-15H2/b23-17+. The molecule has 0 spiro atoms. The number of hydrogen-bond donors (Lipinski definition) is 1. The first kappa shape index (κ1) is 26.8. The number of carbonyl (C=O) groups is 2. The maximum atomic E-state index is 12.5. The smallest absolute Gasteiger partial charge is 0.244 e. The number of aliphatic hydroxyl groups is 1. The van der Waals surface area contributed by atoms with Crippen LogP contribution in [0.4, 0.5) is 5.69 Å². The van der Waals surface area contributed by atoms with Gasteiger partial charge in [0.2, 0.25) is 5.24 Å². The van der Waals surface area contributed by atoms with E-state index >= 15 is 0 Å². The number of halogens is 1. The van der Waals surface area contributed by atoms with E-state index in [0.29, 0.717) is 26.2 Å². The zero-order chi connectivity index (χ0) is 25.0. The molecular formula is C27H31ClN2O5. The molecule has 2 aromatic rings. The summed E-state index contributed by atoms with van der Waals surface area (Å²) in [6, 6.07) is 13.5. The Morgan fingerprint density at radius 2 is 1.83 bits per heavy atom. The molecule has 35 heavy (non-hydrogen) atoms. The molecule has 1 heterocycles. The van der Waals surface area contributed by atoms with E-state index in [2.05, 4.69) is 4.90 Å². The fourth-order valence-corrected chi connectivity index (χ4v) is 4.42. The first-order chi connectivity index (χ1) is 17.0. The van der Waals surface area contributed by atoms with Crippen LogP contribution in [0, 0.1) is 11.3 Å². The summed E-state index contributed by atoms with van der Waals surface area (Å²) in [5.74, 6) is -0.218. The third-order valence-electron chi connectivity index (χ3n) is 5.98. The van der Waals surface area contributed by atoms with Gasteiger partial charge in [0.1, 0.15) is 12.1 Å². The van der Waals surface area contributed by atoms with Crippen LogP contribution >= 0.6 is 11.6 Å². The topological polar surface area (TPSA) is 99.9 Å². The minimum absolute atomic E-state index is 0.0221. The van der Waals surface area contributed by atoms with Crippen molar-refractivity contribution in [2.24, 2.45) is 0 Å². The zero-order valence-electron chi connectivity index (χ0n) is 19.7. The first-order valence-corrected chi connectivity index (χ1v) is 12.3. The van der Waals surface area contributed by atoms with Crippen LogP contribution < -0.4 is 4.90 Å². The third-order valence-corrected chi connectivity index (χ3v) is 6.23. The molecule has 7 nitrogen and oxygen atoms in total. The average molecular weight is 499 g/mol. The lowest BCUT2D eigenvalue weighted by Gasteiger charge is -2.35. The van der Waals surface area contributed by atoms with Gasteiger partial charge in [-0.25, -0.2) is 0 Å². The minimum Gasteiger partial charge on any atom is -0.394 e. The fraction of sp³-hybridized carbons (Fsp3) is 0.444. The Labute approximate surface area is 210 Å². The van der Waals surface area contributed by atoms with Gasteiger partial charge in [0.25, 0.3) is 0 Å². The lowest BCUT2D eigenvalue weighted by molar-refractivity contribution is -0.115. The van der Waals surface area contributed by atoms with E-state index in [-0.39, 0.29) is 42.3 Å². The van der Waals surface area contributed by atoms with Crippen LogP contribution in [0.3, 0.4) is 0 Å². The lowest BCUT2D eigenvalue weighted by atomic mass is 9.99. The highest BCUT2D eigenvalue weighted by atomic mass is 35.5. The van der Waals surface area contributed by atoms with Crippen LogP contribution in [0.5, 0.6) is 0 Å². The molecule has 1 atom stereocenters. The number of allylic oxidation sites excluding steroid dienone is 1. The van der Waals surface area contributed by atoms with Gasteiger partial charge in [-0.1, -0.05) is 18.2 Å². The molecule has 186 valence electrons. The van der Waals surface area contributed by atoms with Gasteiger partial charge in [-0.05, 0) is 77.9 Å².